The lowest BCUT2D eigenvalue weighted by atomic mass is 10.1. The van der Waals surface area contributed by atoms with Gasteiger partial charge < -0.3 is 14.8 Å². The first kappa shape index (κ1) is 22.5. The average Bonchev–Trinajstić information content (AvgIpc) is 3.17. The maximum atomic E-state index is 12.7. The normalized spacial score (nSPS) is 14.7. The summed E-state index contributed by atoms with van der Waals surface area (Å²) in [7, 11) is 1.87. The van der Waals surface area contributed by atoms with E-state index in [2.05, 4.69) is 21.9 Å². The molecule has 1 aromatic heterocycles. The summed E-state index contributed by atoms with van der Waals surface area (Å²) in [6.07, 6.45) is 1.78. The van der Waals surface area contributed by atoms with E-state index < -0.39 is 0 Å². The Labute approximate surface area is 197 Å². The van der Waals surface area contributed by atoms with Gasteiger partial charge in [-0.25, -0.2) is 4.31 Å². The minimum absolute atomic E-state index is 0.116. The van der Waals surface area contributed by atoms with Crippen LogP contribution in [0.4, 0.5) is 0 Å². The molecule has 1 aliphatic heterocycles. The molecule has 0 radical (unpaired) electrons. The summed E-state index contributed by atoms with van der Waals surface area (Å²) < 4.78 is 2.09. The summed E-state index contributed by atoms with van der Waals surface area (Å²) in [5.74, 6) is 0.572. The number of benzene rings is 2. The van der Waals surface area contributed by atoms with Gasteiger partial charge in [0.2, 0.25) is 5.91 Å². The number of nitrogens with one attached hydrogen (secondary N) is 2. The number of aromatic amines is 1. The monoisotopic (exact) mass is 467 g/mol. The van der Waals surface area contributed by atoms with Crippen LogP contribution in [0.2, 0.25) is 5.02 Å². The lowest BCUT2D eigenvalue weighted by Crippen LogP contribution is -2.47. The van der Waals surface area contributed by atoms with E-state index in [0.29, 0.717) is 37.0 Å². The second kappa shape index (κ2) is 9.81. The average molecular weight is 468 g/mol. The molecule has 8 heteroatoms. The predicted molar refractivity (Wildman–Crippen MR) is 132 cm³/mol. The molecule has 32 heavy (non-hydrogen) atoms. The van der Waals surface area contributed by atoms with E-state index in [0.717, 1.165) is 33.6 Å². The van der Waals surface area contributed by atoms with E-state index >= 15 is 0 Å². The van der Waals surface area contributed by atoms with Crippen LogP contribution in [0.25, 0.3) is 10.9 Å². The number of hydrogen-bond acceptors (Lipinski definition) is 4. The molecule has 1 aliphatic rings. The number of likely N-dealkylation sites (N-methyl/N-ethyl adjacent to an activating group) is 1. The maximum absolute atomic E-state index is 12.7. The highest BCUT2D eigenvalue weighted by atomic mass is 35.5. The van der Waals surface area contributed by atoms with Gasteiger partial charge in [0.15, 0.2) is 0 Å². The number of aromatic nitrogens is 1. The quantitative estimate of drug-likeness (QED) is 0.230. The fraction of sp³-hybridized carbons (Fsp3) is 0.250. The molecule has 0 spiro atoms. The third-order valence-corrected chi connectivity index (χ3v) is 6.68. The molecule has 3 aromatic rings. The topological polar surface area (TPSA) is 66.4 Å². The van der Waals surface area contributed by atoms with E-state index in [9.17, 15) is 4.79 Å². The van der Waals surface area contributed by atoms with Gasteiger partial charge >= 0.3 is 0 Å². The van der Waals surface area contributed by atoms with Gasteiger partial charge in [-0.3, -0.25) is 10.2 Å². The molecule has 0 atom stereocenters. The summed E-state index contributed by atoms with van der Waals surface area (Å²) in [5.41, 5.74) is 2.95. The van der Waals surface area contributed by atoms with Crippen molar-refractivity contribution in [3.8, 4) is 0 Å². The lowest BCUT2D eigenvalue weighted by molar-refractivity contribution is -0.134. The minimum Gasteiger partial charge on any atom is -0.356 e. The highest BCUT2D eigenvalue weighted by Crippen LogP contribution is 2.29. The van der Waals surface area contributed by atoms with E-state index in [1.807, 2.05) is 59.3 Å². The van der Waals surface area contributed by atoms with Crippen LogP contribution in [-0.4, -0.2) is 64.1 Å². The largest absolute Gasteiger partial charge is 0.356 e. The second-order valence-corrected chi connectivity index (χ2v) is 9.43. The standard InChI is InChI=1S/C24H26ClN5OS/c1-3-10-28(2)24(26)18-6-4-17(5-7-18)15-29-11-12-30(16-23(29)31)32-22-14-19-13-20(25)8-9-21(19)27-22/h3-9,13-14,26-27H,1,10-12,15-16H2,2H3. The smallest absolute Gasteiger partial charge is 0.238 e. The fourth-order valence-corrected chi connectivity index (χ4v) is 4.83. The molecule has 1 fully saturated rings. The molecular weight excluding hydrogens is 442 g/mol. The molecule has 0 aliphatic carbocycles. The van der Waals surface area contributed by atoms with Crippen LogP contribution in [0.15, 0.2) is 66.2 Å². The van der Waals surface area contributed by atoms with Crippen molar-refractivity contribution < 1.29 is 4.79 Å². The maximum Gasteiger partial charge on any atom is 0.238 e. The summed E-state index contributed by atoms with van der Waals surface area (Å²) in [5, 5.41) is 11.0. The zero-order valence-corrected chi connectivity index (χ0v) is 19.5. The van der Waals surface area contributed by atoms with Crippen LogP contribution in [0.5, 0.6) is 0 Å². The van der Waals surface area contributed by atoms with Gasteiger partial charge in [-0.05, 0) is 41.8 Å². The van der Waals surface area contributed by atoms with Crippen molar-refractivity contribution in [2.75, 3.05) is 33.2 Å². The molecule has 1 saturated heterocycles. The van der Waals surface area contributed by atoms with Gasteiger partial charge in [-0.2, -0.15) is 0 Å². The van der Waals surface area contributed by atoms with Crippen molar-refractivity contribution in [3.63, 3.8) is 0 Å². The number of amidine groups is 1. The minimum atomic E-state index is 0.116. The fourth-order valence-electron chi connectivity index (χ4n) is 3.69. The number of rotatable bonds is 7. The first-order valence-corrected chi connectivity index (χ1v) is 11.6. The van der Waals surface area contributed by atoms with Gasteiger partial charge in [0.25, 0.3) is 0 Å². The van der Waals surface area contributed by atoms with E-state index in [1.165, 1.54) is 0 Å². The predicted octanol–water partition coefficient (Wildman–Crippen LogP) is 4.62. The number of piperazine rings is 1. The van der Waals surface area contributed by atoms with Crippen molar-refractivity contribution in [1.82, 2.24) is 19.1 Å². The number of halogens is 1. The molecule has 1 amide bonds. The van der Waals surface area contributed by atoms with Crippen molar-refractivity contribution in [1.29, 1.82) is 5.41 Å². The highest BCUT2D eigenvalue weighted by Gasteiger charge is 2.25. The number of hydrogen-bond donors (Lipinski definition) is 2. The van der Waals surface area contributed by atoms with E-state index in [1.54, 1.807) is 18.0 Å². The van der Waals surface area contributed by atoms with Crippen LogP contribution in [0, 0.1) is 5.41 Å². The molecule has 0 unspecified atom stereocenters. The molecule has 4 rings (SSSR count). The number of nitrogens with zero attached hydrogens (tertiary/aromatic N) is 3. The Hall–Kier alpha value is -2.74. The number of H-pyrrole nitrogens is 1. The Bertz CT molecular complexity index is 1140. The van der Waals surface area contributed by atoms with Crippen molar-refractivity contribution in [2.45, 2.75) is 11.6 Å². The first-order valence-electron chi connectivity index (χ1n) is 10.4. The Morgan fingerprint density at radius 2 is 2.03 bits per heavy atom. The number of amides is 1. The van der Waals surface area contributed by atoms with Gasteiger partial charge in [-0.1, -0.05) is 41.9 Å². The molecule has 166 valence electrons. The van der Waals surface area contributed by atoms with Crippen molar-refractivity contribution >= 4 is 46.2 Å². The summed E-state index contributed by atoms with van der Waals surface area (Å²) in [6.45, 7) is 6.77. The first-order chi connectivity index (χ1) is 15.4. The van der Waals surface area contributed by atoms with Gasteiger partial charge in [-0.15, -0.1) is 6.58 Å². The number of fused-ring (bicyclic) bond motifs is 1. The molecule has 2 N–H and O–H groups in total. The summed E-state index contributed by atoms with van der Waals surface area (Å²) in [6, 6.07) is 15.7. The molecular formula is C24H26ClN5OS. The zero-order valence-electron chi connectivity index (χ0n) is 18.0. The van der Waals surface area contributed by atoms with Crippen LogP contribution in [0.1, 0.15) is 11.1 Å². The Morgan fingerprint density at radius 1 is 1.25 bits per heavy atom. The highest BCUT2D eigenvalue weighted by molar-refractivity contribution is 7.97. The van der Waals surface area contributed by atoms with Gasteiger partial charge in [0.1, 0.15) is 5.84 Å². The van der Waals surface area contributed by atoms with Gasteiger partial charge in [0, 0.05) is 54.7 Å². The molecule has 0 bridgehead atoms. The van der Waals surface area contributed by atoms with E-state index in [-0.39, 0.29) is 5.91 Å². The van der Waals surface area contributed by atoms with E-state index in [4.69, 9.17) is 17.0 Å². The summed E-state index contributed by atoms with van der Waals surface area (Å²) >= 11 is 7.65. The number of carbonyl (C=O) groups is 1. The van der Waals surface area contributed by atoms with Crippen LogP contribution in [0.3, 0.4) is 0 Å². The van der Waals surface area contributed by atoms with Crippen molar-refractivity contribution in [2.24, 2.45) is 0 Å². The summed E-state index contributed by atoms with van der Waals surface area (Å²) in [4.78, 5) is 19.9. The molecule has 0 saturated carbocycles. The van der Waals surface area contributed by atoms with Crippen LogP contribution in [-0.2, 0) is 11.3 Å². The SMILES string of the molecule is C=CCN(C)C(=N)c1ccc(CN2CCN(Sc3cc4cc(Cl)ccc4[nH]3)CC2=O)cc1. The Morgan fingerprint density at radius 3 is 2.75 bits per heavy atom. The Balaban J connectivity index is 1.32. The molecule has 6 nitrogen and oxygen atoms in total. The van der Waals surface area contributed by atoms with Crippen molar-refractivity contribution in [3.05, 3.63) is 77.3 Å². The number of carbonyl (C=O) groups excluding carboxylic acids is 1. The Kier molecular flexibility index (Phi) is 6.89. The third kappa shape index (κ3) is 5.18. The second-order valence-electron chi connectivity index (χ2n) is 7.85. The van der Waals surface area contributed by atoms with Gasteiger partial charge in [0.05, 0.1) is 11.6 Å². The molecule has 2 heterocycles. The third-order valence-electron chi connectivity index (χ3n) is 5.45. The zero-order chi connectivity index (χ0) is 22.7. The van der Waals surface area contributed by atoms with Crippen LogP contribution >= 0.6 is 23.5 Å². The van der Waals surface area contributed by atoms with Crippen LogP contribution < -0.4 is 0 Å². The molecule has 2 aromatic carbocycles. The lowest BCUT2D eigenvalue weighted by Gasteiger charge is -2.33.